The minimum Gasteiger partial charge on any atom is -0.352 e. The number of anilines is 1. The van der Waals surface area contributed by atoms with Crippen molar-refractivity contribution in [3.05, 3.63) is 55.0 Å². The molecule has 1 saturated heterocycles. The maximum absolute atomic E-state index is 4.88. The highest BCUT2D eigenvalue weighted by Crippen LogP contribution is 2.27. The van der Waals surface area contributed by atoms with Gasteiger partial charge in [0.15, 0.2) is 5.82 Å². The van der Waals surface area contributed by atoms with E-state index in [1.165, 1.54) is 12.8 Å². The van der Waals surface area contributed by atoms with Gasteiger partial charge in [-0.25, -0.2) is 15.0 Å². The fraction of sp³-hybridized carbons (Fsp3) is 0.368. The Morgan fingerprint density at radius 2 is 2.00 bits per heavy atom. The average molecular weight is 334 g/mol. The van der Waals surface area contributed by atoms with Crippen molar-refractivity contribution < 1.29 is 0 Å². The van der Waals surface area contributed by atoms with Crippen LogP contribution in [0.15, 0.2) is 49.3 Å². The zero-order valence-electron chi connectivity index (χ0n) is 14.4. The van der Waals surface area contributed by atoms with Gasteiger partial charge in [0, 0.05) is 61.2 Å². The van der Waals surface area contributed by atoms with Gasteiger partial charge in [-0.15, -0.1) is 0 Å². The largest absolute Gasteiger partial charge is 0.352 e. The summed E-state index contributed by atoms with van der Waals surface area (Å²) in [6, 6.07) is 6.51. The quantitative estimate of drug-likeness (QED) is 0.718. The highest BCUT2D eigenvalue weighted by molar-refractivity contribution is 5.57. The van der Waals surface area contributed by atoms with E-state index in [0.29, 0.717) is 6.04 Å². The molecule has 6 heteroatoms. The van der Waals surface area contributed by atoms with Crippen molar-refractivity contribution >= 4 is 5.82 Å². The first-order valence-corrected chi connectivity index (χ1v) is 8.84. The number of hydrogen-bond donors (Lipinski definition) is 0. The van der Waals surface area contributed by atoms with Crippen LogP contribution in [0.25, 0.3) is 11.4 Å². The summed E-state index contributed by atoms with van der Waals surface area (Å²) < 4.78 is 2.15. The molecular formula is C19H22N6. The van der Waals surface area contributed by atoms with E-state index in [2.05, 4.69) is 32.4 Å². The molecule has 25 heavy (non-hydrogen) atoms. The second kappa shape index (κ2) is 7.01. The molecule has 1 fully saturated rings. The minimum atomic E-state index is 0.444. The van der Waals surface area contributed by atoms with Crippen LogP contribution in [0.1, 0.15) is 25.5 Å². The van der Waals surface area contributed by atoms with E-state index < -0.39 is 0 Å². The number of rotatable bonds is 5. The van der Waals surface area contributed by atoms with Gasteiger partial charge in [-0.2, -0.15) is 0 Å². The lowest BCUT2D eigenvalue weighted by Crippen LogP contribution is -2.33. The maximum atomic E-state index is 4.88. The van der Waals surface area contributed by atoms with Gasteiger partial charge in [-0.05, 0) is 31.4 Å². The minimum absolute atomic E-state index is 0.444. The first-order valence-electron chi connectivity index (χ1n) is 8.84. The third-order valence-corrected chi connectivity index (χ3v) is 4.72. The predicted octanol–water partition coefficient (Wildman–Crippen LogP) is 2.97. The second-order valence-electron chi connectivity index (χ2n) is 6.38. The zero-order valence-corrected chi connectivity index (χ0v) is 14.4. The number of aromatic nitrogens is 5. The summed E-state index contributed by atoms with van der Waals surface area (Å²) in [5.41, 5.74) is 2.09. The Bertz CT molecular complexity index is 815. The van der Waals surface area contributed by atoms with Crippen LogP contribution < -0.4 is 4.90 Å². The van der Waals surface area contributed by atoms with Crippen molar-refractivity contribution in [3.8, 4) is 11.4 Å². The maximum Gasteiger partial charge on any atom is 0.161 e. The first-order chi connectivity index (χ1) is 12.3. The SMILES string of the molecule is CCc1cc(N2CCCC2Cn2ccnc2)nc(-c2ccncc2)n1. The van der Waals surface area contributed by atoms with Gasteiger partial charge in [0.1, 0.15) is 5.82 Å². The van der Waals surface area contributed by atoms with E-state index in [4.69, 9.17) is 9.97 Å². The molecule has 0 saturated carbocycles. The topological polar surface area (TPSA) is 59.7 Å². The molecule has 0 aromatic carbocycles. The van der Waals surface area contributed by atoms with Gasteiger partial charge in [0.2, 0.25) is 0 Å². The second-order valence-corrected chi connectivity index (χ2v) is 6.38. The molecule has 0 bridgehead atoms. The van der Waals surface area contributed by atoms with Crippen LogP contribution in [0.5, 0.6) is 0 Å². The van der Waals surface area contributed by atoms with Gasteiger partial charge in [0.05, 0.1) is 6.33 Å². The molecule has 128 valence electrons. The van der Waals surface area contributed by atoms with Crippen LogP contribution >= 0.6 is 0 Å². The number of pyridine rings is 1. The molecule has 3 aromatic rings. The summed E-state index contributed by atoms with van der Waals surface area (Å²) in [5, 5.41) is 0. The lowest BCUT2D eigenvalue weighted by molar-refractivity contribution is 0.547. The Kier molecular flexibility index (Phi) is 4.41. The van der Waals surface area contributed by atoms with Crippen molar-refractivity contribution in [2.75, 3.05) is 11.4 Å². The van der Waals surface area contributed by atoms with Crippen LogP contribution in [0.3, 0.4) is 0 Å². The van der Waals surface area contributed by atoms with Crippen LogP contribution in [0.4, 0.5) is 5.82 Å². The molecule has 1 unspecified atom stereocenters. The summed E-state index contributed by atoms with van der Waals surface area (Å²) in [7, 11) is 0. The molecule has 6 nitrogen and oxygen atoms in total. The highest BCUT2D eigenvalue weighted by atomic mass is 15.3. The Balaban J connectivity index is 1.66. The van der Waals surface area contributed by atoms with Gasteiger partial charge >= 0.3 is 0 Å². The van der Waals surface area contributed by atoms with Crippen molar-refractivity contribution in [1.82, 2.24) is 24.5 Å². The van der Waals surface area contributed by atoms with Crippen molar-refractivity contribution in [2.45, 2.75) is 38.8 Å². The third kappa shape index (κ3) is 3.38. The van der Waals surface area contributed by atoms with Crippen molar-refractivity contribution in [2.24, 2.45) is 0 Å². The molecule has 0 radical (unpaired) electrons. The number of aryl methyl sites for hydroxylation is 1. The van der Waals surface area contributed by atoms with Crippen LogP contribution in [0, 0.1) is 0 Å². The van der Waals surface area contributed by atoms with E-state index in [1.807, 2.05) is 30.9 Å². The van der Waals surface area contributed by atoms with E-state index >= 15 is 0 Å². The Hall–Kier alpha value is -2.76. The van der Waals surface area contributed by atoms with Crippen LogP contribution in [-0.2, 0) is 13.0 Å². The number of nitrogens with zero attached hydrogens (tertiary/aromatic N) is 6. The molecule has 4 rings (SSSR count). The molecule has 1 atom stereocenters. The Morgan fingerprint density at radius 1 is 1.12 bits per heavy atom. The van der Waals surface area contributed by atoms with E-state index in [-0.39, 0.29) is 0 Å². The fourth-order valence-electron chi connectivity index (χ4n) is 3.41. The smallest absolute Gasteiger partial charge is 0.161 e. The van der Waals surface area contributed by atoms with Gasteiger partial charge in [0.25, 0.3) is 0 Å². The predicted molar refractivity (Wildman–Crippen MR) is 97.2 cm³/mol. The summed E-state index contributed by atoms with van der Waals surface area (Å²) in [6.07, 6.45) is 12.6. The summed E-state index contributed by atoms with van der Waals surface area (Å²) >= 11 is 0. The number of hydrogen-bond acceptors (Lipinski definition) is 5. The number of imidazole rings is 1. The van der Waals surface area contributed by atoms with Gasteiger partial charge in [-0.1, -0.05) is 6.92 Å². The highest BCUT2D eigenvalue weighted by Gasteiger charge is 2.26. The van der Waals surface area contributed by atoms with Crippen LogP contribution in [0.2, 0.25) is 0 Å². The monoisotopic (exact) mass is 334 g/mol. The zero-order chi connectivity index (χ0) is 17.1. The van der Waals surface area contributed by atoms with Crippen molar-refractivity contribution in [1.29, 1.82) is 0 Å². The molecule has 1 aliphatic heterocycles. The first kappa shape index (κ1) is 15.7. The molecule has 4 heterocycles. The average Bonchev–Trinajstić information content (AvgIpc) is 3.34. The van der Waals surface area contributed by atoms with E-state index in [0.717, 1.165) is 42.4 Å². The summed E-state index contributed by atoms with van der Waals surface area (Å²) in [4.78, 5) is 20.3. The summed E-state index contributed by atoms with van der Waals surface area (Å²) in [5.74, 6) is 1.81. The molecule has 3 aromatic heterocycles. The lowest BCUT2D eigenvalue weighted by atomic mass is 10.2. The normalized spacial score (nSPS) is 17.2. The third-order valence-electron chi connectivity index (χ3n) is 4.72. The molecule has 0 spiro atoms. The van der Waals surface area contributed by atoms with Crippen LogP contribution in [-0.4, -0.2) is 37.1 Å². The fourth-order valence-corrected chi connectivity index (χ4v) is 3.41. The Morgan fingerprint density at radius 3 is 2.76 bits per heavy atom. The molecule has 1 aliphatic rings. The summed E-state index contributed by atoms with van der Waals surface area (Å²) in [6.45, 7) is 4.11. The molecular weight excluding hydrogens is 312 g/mol. The molecule has 0 amide bonds. The standard InChI is InChI=1S/C19H22N6/c1-2-16-12-18(23-19(22-16)15-5-7-20-8-6-15)25-10-3-4-17(25)13-24-11-9-21-14-24/h5-9,11-12,14,17H,2-4,10,13H2,1H3. The Labute approximate surface area is 147 Å². The van der Waals surface area contributed by atoms with Gasteiger partial charge < -0.3 is 9.47 Å². The molecule has 0 aliphatic carbocycles. The van der Waals surface area contributed by atoms with Gasteiger partial charge in [-0.3, -0.25) is 4.98 Å². The lowest BCUT2D eigenvalue weighted by Gasteiger charge is -2.26. The van der Waals surface area contributed by atoms with E-state index in [9.17, 15) is 0 Å². The van der Waals surface area contributed by atoms with Crippen molar-refractivity contribution in [3.63, 3.8) is 0 Å². The van der Waals surface area contributed by atoms with E-state index in [1.54, 1.807) is 12.4 Å². The molecule has 0 N–H and O–H groups in total.